The minimum absolute atomic E-state index is 0.0202. The summed E-state index contributed by atoms with van der Waals surface area (Å²) in [5, 5.41) is 3.81. The van der Waals surface area contributed by atoms with E-state index in [1.54, 1.807) is 0 Å². The molecular formula is C32H41NO2. The molecule has 1 aliphatic rings. The van der Waals surface area contributed by atoms with Gasteiger partial charge in [0.25, 0.3) is 0 Å². The Balaban J connectivity index is 1.51. The third-order valence-corrected chi connectivity index (χ3v) is 7.38. The molecule has 0 saturated heterocycles. The Labute approximate surface area is 211 Å². The van der Waals surface area contributed by atoms with Gasteiger partial charge in [-0.15, -0.1) is 0 Å². The summed E-state index contributed by atoms with van der Waals surface area (Å²) in [5.41, 5.74) is 6.03. The van der Waals surface area contributed by atoms with Crippen molar-refractivity contribution in [3.63, 3.8) is 0 Å². The third kappa shape index (κ3) is 5.50. The van der Waals surface area contributed by atoms with Gasteiger partial charge in [-0.2, -0.15) is 0 Å². The molecule has 3 nitrogen and oxygen atoms in total. The predicted molar refractivity (Wildman–Crippen MR) is 147 cm³/mol. The molecule has 3 heteroatoms. The molecule has 0 aromatic heterocycles. The monoisotopic (exact) mass is 471 g/mol. The zero-order chi connectivity index (χ0) is 25.0. The molecule has 0 fully saturated rings. The Bertz CT molecular complexity index is 1100. The summed E-state index contributed by atoms with van der Waals surface area (Å²) in [6, 6.07) is 23.8. The summed E-state index contributed by atoms with van der Waals surface area (Å²) in [6.07, 6.45) is 3.31. The van der Waals surface area contributed by atoms with Gasteiger partial charge in [-0.05, 0) is 73.6 Å². The first-order valence-electron chi connectivity index (χ1n) is 13.2. The summed E-state index contributed by atoms with van der Waals surface area (Å²) < 4.78 is 12.5. The quantitative estimate of drug-likeness (QED) is 0.300. The summed E-state index contributed by atoms with van der Waals surface area (Å²) in [5.74, 6) is 2.81. The maximum Gasteiger partial charge on any atom is 0.125 e. The molecule has 0 amide bonds. The number of hydrogen-bond donors (Lipinski definition) is 1. The fourth-order valence-corrected chi connectivity index (χ4v) is 5.09. The first-order chi connectivity index (χ1) is 16.8. The average molecular weight is 472 g/mol. The van der Waals surface area contributed by atoms with E-state index < -0.39 is 0 Å². The number of benzene rings is 3. The lowest BCUT2D eigenvalue weighted by atomic mass is 9.80. The van der Waals surface area contributed by atoms with E-state index in [2.05, 4.69) is 114 Å². The fourth-order valence-electron chi connectivity index (χ4n) is 5.09. The molecule has 0 aliphatic carbocycles. The average Bonchev–Trinajstić information content (AvgIpc) is 3.11. The maximum atomic E-state index is 6.58. The second kappa shape index (κ2) is 10.8. The molecule has 0 radical (unpaired) electrons. The van der Waals surface area contributed by atoms with Crippen molar-refractivity contribution >= 4 is 5.69 Å². The molecule has 4 rings (SSSR count). The Kier molecular flexibility index (Phi) is 7.74. The topological polar surface area (TPSA) is 30.5 Å². The zero-order valence-electron chi connectivity index (χ0n) is 22.2. The van der Waals surface area contributed by atoms with Crippen LogP contribution in [0.1, 0.15) is 88.7 Å². The SMILES string of the molecule is CCCCOc1ccc(C2(C)Nc3cccc(OC(C)c4ccc(CC(C)C)cc4)c3C2C)cc1. The molecule has 3 atom stereocenters. The first kappa shape index (κ1) is 25.2. The highest BCUT2D eigenvalue weighted by Gasteiger charge is 2.42. The van der Waals surface area contributed by atoms with E-state index in [0.29, 0.717) is 5.92 Å². The van der Waals surface area contributed by atoms with Crippen LogP contribution in [0.5, 0.6) is 11.5 Å². The molecule has 0 spiro atoms. The van der Waals surface area contributed by atoms with Crippen LogP contribution in [0, 0.1) is 5.92 Å². The highest BCUT2D eigenvalue weighted by molar-refractivity contribution is 5.67. The van der Waals surface area contributed by atoms with Gasteiger partial charge in [0.05, 0.1) is 12.1 Å². The third-order valence-electron chi connectivity index (χ3n) is 7.38. The molecule has 1 aliphatic heterocycles. The highest BCUT2D eigenvalue weighted by Crippen LogP contribution is 2.52. The first-order valence-corrected chi connectivity index (χ1v) is 13.2. The van der Waals surface area contributed by atoms with Gasteiger partial charge >= 0.3 is 0 Å². The molecule has 3 unspecified atom stereocenters. The van der Waals surface area contributed by atoms with Gasteiger partial charge in [0.2, 0.25) is 0 Å². The number of hydrogen-bond acceptors (Lipinski definition) is 3. The van der Waals surface area contributed by atoms with Crippen molar-refractivity contribution < 1.29 is 9.47 Å². The molecule has 3 aromatic rings. The van der Waals surface area contributed by atoms with Gasteiger partial charge in [-0.3, -0.25) is 0 Å². The van der Waals surface area contributed by atoms with Crippen molar-refractivity contribution in [1.29, 1.82) is 0 Å². The van der Waals surface area contributed by atoms with Crippen molar-refractivity contribution in [2.75, 3.05) is 11.9 Å². The van der Waals surface area contributed by atoms with Crippen LogP contribution in [0.3, 0.4) is 0 Å². The van der Waals surface area contributed by atoms with E-state index in [-0.39, 0.29) is 17.6 Å². The zero-order valence-corrected chi connectivity index (χ0v) is 22.2. The minimum Gasteiger partial charge on any atom is -0.494 e. The smallest absolute Gasteiger partial charge is 0.125 e. The van der Waals surface area contributed by atoms with Crippen LogP contribution in [0.25, 0.3) is 0 Å². The van der Waals surface area contributed by atoms with Crippen LogP contribution in [0.15, 0.2) is 66.7 Å². The fraction of sp³-hybridized carbons (Fsp3) is 0.438. The Hall–Kier alpha value is -2.94. The number of nitrogens with one attached hydrogen (secondary N) is 1. The standard InChI is InChI=1S/C32H41NO2/c1-7-8-20-34-28-18-16-27(17-19-28)32(6)23(4)31-29(33-32)10-9-11-30(31)35-24(5)26-14-12-25(13-15-26)21-22(2)3/h9-19,22-24,33H,7-8,20-21H2,1-6H3. The molecule has 186 valence electrons. The molecule has 1 heterocycles. The number of unbranched alkanes of at least 4 members (excludes halogenated alkanes) is 1. The van der Waals surface area contributed by atoms with Crippen LogP contribution < -0.4 is 14.8 Å². The normalized spacial score (nSPS) is 19.8. The van der Waals surface area contributed by atoms with Crippen molar-refractivity contribution in [2.24, 2.45) is 5.92 Å². The van der Waals surface area contributed by atoms with Crippen LogP contribution in [-0.2, 0) is 12.0 Å². The minimum atomic E-state index is -0.217. The summed E-state index contributed by atoms with van der Waals surface area (Å²) in [4.78, 5) is 0. The van der Waals surface area contributed by atoms with Crippen molar-refractivity contribution in [3.05, 3.63) is 89.0 Å². The van der Waals surface area contributed by atoms with Gasteiger partial charge < -0.3 is 14.8 Å². The number of rotatable bonds is 10. The summed E-state index contributed by atoms with van der Waals surface area (Å²) in [6.45, 7) is 14.2. The van der Waals surface area contributed by atoms with Gasteiger partial charge in [-0.1, -0.05) is 76.6 Å². The Morgan fingerprint density at radius 1 is 0.943 bits per heavy atom. The lowest BCUT2D eigenvalue weighted by Gasteiger charge is -2.31. The molecular weight excluding hydrogens is 430 g/mol. The number of anilines is 1. The van der Waals surface area contributed by atoms with Crippen molar-refractivity contribution in [2.45, 2.75) is 78.4 Å². The Morgan fingerprint density at radius 2 is 1.66 bits per heavy atom. The van der Waals surface area contributed by atoms with Crippen LogP contribution in [0.4, 0.5) is 5.69 Å². The number of ether oxygens (including phenoxy) is 2. The largest absolute Gasteiger partial charge is 0.494 e. The summed E-state index contributed by atoms with van der Waals surface area (Å²) >= 11 is 0. The van der Waals surface area contributed by atoms with E-state index in [0.717, 1.165) is 43.1 Å². The lowest BCUT2D eigenvalue weighted by Crippen LogP contribution is -2.31. The molecule has 0 saturated carbocycles. The van der Waals surface area contributed by atoms with E-state index in [9.17, 15) is 0 Å². The van der Waals surface area contributed by atoms with Gasteiger partial charge in [0.1, 0.15) is 17.6 Å². The summed E-state index contributed by atoms with van der Waals surface area (Å²) in [7, 11) is 0. The van der Waals surface area contributed by atoms with E-state index in [1.165, 1.54) is 22.3 Å². The van der Waals surface area contributed by atoms with Crippen molar-refractivity contribution in [1.82, 2.24) is 0 Å². The van der Waals surface area contributed by atoms with Crippen LogP contribution >= 0.6 is 0 Å². The maximum absolute atomic E-state index is 6.58. The Morgan fingerprint density at radius 3 is 2.31 bits per heavy atom. The van der Waals surface area contributed by atoms with Gasteiger partial charge in [0.15, 0.2) is 0 Å². The van der Waals surface area contributed by atoms with Crippen molar-refractivity contribution in [3.8, 4) is 11.5 Å². The molecule has 35 heavy (non-hydrogen) atoms. The molecule has 1 N–H and O–H groups in total. The molecule has 0 bridgehead atoms. The van der Waals surface area contributed by atoms with Crippen LogP contribution in [-0.4, -0.2) is 6.61 Å². The highest BCUT2D eigenvalue weighted by atomic mass is 16.5. The predicted octanol–water partition coefficient (Wildman–Crippen LogP) is 8.65. The second-order valence-electron chi connectivity index (χ2n) is 10.6. The second-order valence-corrected chi connectivity index (χ2v) is 10.6. The van der Waals surface area contributed by atoms with Gasteiger partial charge in [0, 0.05) is 17.2 Å². The molecule has 3 aromatic carbocycles. The van der Waals surface area contributed by atoms with Gasteiger partial charge in [-0.25, -0.2) is 0 Å². The van der Waals surface area contributed by atoms with E-state index >= 15 is 0 Å². The lowest BCUT2D eigenvalue weighted by molar-refractivity contribution is 0.223. The number of fused-ring (bicyclic) bond motifs is 1. The van der Waals surface area contributed by atoms with Crippen LogP contribution in [0.2, 0.25) is 0 Å². The van der Waals surface area contributed by atoms with E-state index in [4.69, 9.17) is 9.47 Å². The van der Waals surface area contributed by atoms with E-state index in [1.807, 2.05) is 0 Å².